The minimum atomic E-state index is -3.07. The smallest absolute Gasteiger partial charge is 0.181 e. The van der Waals surface area contributed by atoms with Crippen molar-refractivity contribution in [3.63, 3.8) is 0 Å². The highest BCUT2D eigenvalue weighted by Crippen LogP contribution is 2.35. The highest BCUT2D eigenvalue weighted by Gasteiger charge is 2.10. The van der Waals surface area contributed by atoms with E-state index in [1.165, 1.54) is 33.4 Å². The first-order chi connectivity index (χ1) is 7.54. The molecule has 88 valence electrons. The Morgan fingerprint density at radius 2 is 1.94 bits per heavy atom. The molecule has 0 amide bonds. The van der Waals surface area contributed by atoms with Crippen molar-refractivity contribution in [2.45, 2.75) is 12.7 Å². The van der Waals surface area contributed by atoms with Crippen molar-refractivity contribution < 1.29 is 8.42 Å². The Labute approximate surface area is 105 Å². The average molecular weight is 274 g/mol. The topological polar surface area (TPSA) is 34.1 Å². The molecule has 0 atom stereocenters. The quantitative estimate of drug-likeness (QED) is 0.770. The molecule has 0 unspecified atom stereocenters. The molecule has 1 rings (SSSR count). The van der Waals surface area contributed by atoms with Gasteiger partial charge in [-0.25, -0.2) is 8.42 Å². The summed E-state index contributed by atoms with van der Waals surface area (Å²) in [6.07, 6.45) is 2.87. The molecule has 0 radical (unpaired) electrons. The lowest BCUT2D eigenvalue weighted by Crippen LogP contribution is -1.95. The molecule has 0 aliphatic heterocycles. The second-order valence-electron chi connectivity index (χ2n) is 3.21. The summed E-state index contributed by atoms with van der Waals surface area (Å²) in [5.41, 5.74) is 1.20. The van der Waals surface area contributed by atoms with Crippen LogP contribution in [0.1, 0.15) is 12.5 Å². The normalized spacial score (nSPS) is 12.8. The predicted octanol–water partition coefficient (Wildman–Crippen LogP) is 3.47. The van der Waals surface area contributed by atoms with Crippen molar-refractivity contribution in [2.24, 2.45) is 0 Å². The summed E-state index contributed by atoms with van der Waals surface area (Å²) in [6, 6.07) is 9.99. The summed E-state index contributed by atoms with van der Waals surface area (Å²) in [5, 5.41) is 0. The molecule has 0 spiro atoms. The average Bonchev–Trinajstić information content (AvgIpc) is 2.24. The largest absolute Gasteiger partial charge is 0.223 e. The molecular weight excluding hydrogens is 260 g/mol. The van der Waals surface area contributed by atoms with E-state index >= 15 is 0 Å². The van der Waals surface area contributed by atoms with Gasteiger partial charge in [0.05, 0.1) is 0 Å². The summed E-state index contributed by atoms with van der Waals surface area (Å²) < 4.78 is 23.0. The van der Waals surface area contributed by atoms with Crippen LogP contribution in [0.3, 0.4) is 0 Å². The van der Waals surface area contributed by atoms with Crippen LogP contribution in [-0.2, 0) is 15.6 Å². The Hall–Kier alpha value is -0.390. The van der Waals surface area contributed by atoms with E-state index in [2.05, 4.69) is 0 Å². The van der Waals surface area contributed by atoms with Crippen molar-refractivity contribution in [1.82, 2.24) is 0 Å². The Kier molecular flexibility index (Phi) is 5.44. The van der Waals surface area contributed by atoms with Gasteiger partial charge in [-0.2, -0.15) is 0 Å². The van der Waals surface area contributed by atoms with Gasteiger partial charge in [-0.05, 0) is 23.3 Å². The maximum absolute atomic E-state index is 11.3. The van der Waals surface area contributed by atoms with E-state index in [-0.39, 0.29) is 0 Å². The minimum Gasteiger partial charge on any atom is -0.223 e. The van der Waals surface area contributed by atoms with E-state index in [1.54, 1.807) is 13.0 Å². The maximum Gasteiger partial charge on any atom is 0.181 e. The first-order valence-corrected chi connectivity index (χ1v) is 8.95. The second-order valence-corrected chi connectivity index (χ2v) is 7.79. The number of rotatable bonds is 5. The molecule has 0 aliphatic rings. The number of allylic oxidation sites excluding steroid dienone is 1. The summed E-state index contributed by atoms with van der Waals surface area (Å²) in [6.45, 7) is 1.74. The number of hydrogen-bond acceptors (Lipinski definition) is 4. The monoisotopic (exact) mass is 274 g/mol. The van der Waals surface area contributed by atoms with E-state index in [4.69, 9.17) is 0 Å². The fourth-order valence-corrected chi connectivity index (χ4v) is 5.34. The molecule has 0 saturated heterocycles. The van der Waals surface area contributed by atoms with E-state index in [0.29, 0.717) is 4.24 Å². The molecule has 0 saturated carbocycles. The van der Waals surface area contributed by atoms with E-state index in [9.17, 15) is 8.42 Å². The van der Waals surface area contributed by atoms with Gasteiger partial charge in [0, 0.05) is 12.0 Å². The van der Waals surface area contributed by atoms with Crippen molar-refractivity contribution in [3.05, 3.63) is 46.2 Å². The van der Waals surface area contributed by atoms with Crippen LogP contribution in [0.25, 0.3) is 0 Å². The third-order valence-corrected chi connectivity index (χ3v) is 6.47. The minimum absolute atomic E-state index is 0.424. The molecule has 1 aromatic carbocycles. The van der Waals surface area contributed by atoms with Crippen LogP contribution in [0, 0.1) is 0 Å². The molecular formula is C11H14O2S3. The van der Waals surface area contributed by atoms with Crippen LogP contribution in [-0.4, -0.2) is 14.7 Å². The Balaban J connectivity index is 2.48. The summed E-state index contributed by atoms with van der Waals surface area (Å²) in [5.74, 6) is 0.804. The lowest BCUT2D eigenvalue weighted by Gasteiger charge is -2.03. The van der Waals surface area contributed by atoms with Crippen molar-refractivity contribution >= 4 is 31.4 Å². The van der Waals surface area contributed by atoms with E-state index in [0.717, 1.165) is 5.75 Å². The molecule has 0 N–H and O–H groups in total. The van der Waals surface area contributed by atoms with Gasteiger partial charge in [-0.15, -0.1) is 0 Å². The van der Waals surface area contributed by atoms with Crippen molar-refractivity contribution in [2.75, 3.05) is 6.26 Å². The standard InChI is InChI=1S/C11H14O2S3/c1-3-11(16(2,12)13)15-14-9-10-7-5-4-6-8-10/h3-8H,9H2,1-2H3. The second kappa shape index (κ2) is 6.37. The predicted molar refractivity (Wildman–Crippen MR) is 73.9 cm³/mol. The first kappa shape index (κ1) is 13.7. The van der Waals surface area contributed by atoms with Gasteiger partial charge in [0.1, 0.15) is 4.24 Å². The van der Waals surface area contributed by atoms with Crippen LogP contribution in [0.15, 0.2) is 40.6 Å². The Morgan fingerprint density at radius 3 is 2.44 bits per heavy atom. The maximum atomic E-state index is 11.3. The number of benzene rings is 1. The summed E-state index contributed by atoms with van der Waals surface area (Å²) >= 11 is 0. The zero-order valence-corrected chi connectivity index (χ0v) is 11.7. The lowest BCUT2D eigenvalue weighted by molar-refractivity contribution is 0.609. The van der Waals surface area contributed by atoms with Gasteiger partial charge in [-0.1, -0.05) is 47.2 Å². The molecule has 0 heterocycles. The first-order valence-electron chi connectivity index (χ1n) is 4.74. The van der Waals surface area contributed by atoms with Crippen LogP contribution in [0.5, 0.6) is 0 Å². The fourth-order valence-electron chi connectivity index (χ4n) is 1.05. The third kappa shape index (κ3) is 4.63. The zero-order chi connectivity index (χ0) is 12.0. The molecule has 2 nitrogen and oxygen atoms in total. The van der Waals surface area contributed by atoms with Gasteiger partial charge < -0.3 is 0 Å². The van der Waals surface area contributed by atoms with Crippen molar-refractivity contribution in [3.8, 4) is 0 Å². The fraction of sp³-hybridized carbons (Fsp3) is 0.273. The molecule has 1 aromatic rings. The summed E-state index contributed by atoms with van der Waals surface area (Å²) in [7, 11) is -0.218. The Morgan fingerprint density at radius 1 is 1.31 bits per heavy atom. The molecule has 0 aliphatic carbocycles. The molecule has 16 heavy (non-hydrogen) atoms. The summed E-state index contributed by atoms with van der Waals surface area (Å²) in [4.78, 5) is 0. The number of sulfone groups is 1. The van der Waals surface area contributed by atoms with Crippen molar-refractivity contribution in [1.29, 1.82) is 0 Å². The van der Waals surface area contributed by atoms with Gasteiger partial charge in [0.2, 0.25) is 0 Å². The number of hydrogen-bond donors (Lipinski definition) is 0. The molecule has 5 heteroatoms. The lowest BCUT2D eigenvalue weighted by atomic mass is 10.2. The van der Waals surface area contributed by atoms with E-state index in [1.807, 2.05) is 30.3 Å². The van der Waals surface area contributed by atoms with Gasteiger partial charge in [-0.3, -0.25) is 0 Å². The van der Waals surface area contributed by atoms with Crippen LogP contribution in [0.4, 0.5) is 0 Å². The highest BCUT2D eigenvalue weighted by atomic mass is 33.1. The van der Waals surface area contributed by atoms with Crippen LogP contribution in [0.2, 0.25) is 0 Å². The van der Waals surface area contributed by atoms with Gasteiger partial charge in [0.15, 0.2) is 9.84 Å². The SMILES string of the molecule is CC=C(SSCc1ccccc1)S(C)(=O)=O. The zero-order valence-electron chi connectivity index (χ0n) is 9.21. The Bertz CT molecular complexity index is 449. The molecule has 0 bridgehead atoms. The van der Waals surface area contributed by atoms with Crippen LogP contribution < -0.4 is 0 Å². The third-order valence-electron chi connectivity index (χ3n) is 1.81. The highest BCUT2D eigenvalue weighted by molar-refractivity contribution is 8.79. The van der Waals surface area contributed by atoms with Crippen LogP contribution >= 0.6 is 21.6 Å². The molecule has 0 fully saturated rings. The van der Waals surface area contributed by atoms with E-state index < -0.39 is 9.84 Å². The van der Waals surface area contributed by atoms with Gasteiger partial charge in [0.25, 0.3) is 0 Å². The molecule has 0 aromatic heterocycles. The van der Waals surface area contributed by atoms with Gasteiger partial charge >= 0.3 is 0 Å².